The molecule has 0 amide bonds. The van der Waals surface area contributed by atoms with Gasteiger partial charge in [0.1, 0.15) is 12.9 Å². The first-order valence-corrected chi connectivity index (χ1v) is 6.97. The van der Waals surface area contributed by atoms with Gasteiger partial charge in [-0.25, -0.2) is 9.67 Å². The zero-order valence-corrected chi connectivity index (χ0v) is 11.3. The smallest absolute Gasteiger partial charge is 0.152 e. The van der Waals surface area contributed by atoms with Crippen LogP contribution in [0.15, 0.2) is 6.33 Å². The van der Waals surface area contributed by atoms with Crippen LogP contribution in [-0.2, 0) is 17.9 Å². The lowest BCUT2D eigenvalue weighted by Gasteiger charge is -2.27. The molecule has 1 aliphatic rings. The molecule has 1 aromatic rings. The summed E-state index contributed by atoms with van der Waals surface area (Å²) in [4.78, 5) is 4.20. The predicted molar refractivity (Wildman–Crippen MR) is 70.0 cm³/mol. The van der Waals surface area contributed by atoms with Crippen molar-refractivity contribution in [1.29, 1.82) is 0 Å². The van der Waals surface area contributed by atoms with Crippen LogP contribution in [0.1, 0.15) is 51.3 Å². The van der Waals surface area contributed by atoms with Gasteiger partial charge >= 0.3 is 0 Å². The maximum atomic E-state index is 6.40. The van der Waals surface area contributed by atoms with Gasteiger partial charge in [-0.1, -0.05) is 25.7 Å². The van der Waals surface area contributed by atoms with Crippen molar-refractivity contribution in [1.82, 2.24) is 14.8 Å². The summed E-state index contributed by atoms with van der Waals surface area (Å²) in [5.41, 5.74) is 6.27. The molecule has 0 unspecified atom stereocenters. The zero-order chi connectivity index (χ0) is 12.8. The highest BCUT2D eigenvalue weighted by Gasteiger charge is 2.26. The fourth-order valence-corrected chi connectivity index (χ4v) is 2.59. The van der Waals surface area contributed by atoms with E-state index >= 15 is 0 Å². The lowest BCUT2D eigenvalue weighted by atomic mass is 9.93. The van der Waals surface area contributed by atoms with Gasteiger partial charge in [0, 0.05) is 12.1 Å². The van der Waals surface area contributed by atoms with E-state index in [0.717, 1.165) is 25.2 Å². The predicted octanol–water partition coefficient (Wildman–Crippen LogP) is 1.87. The quantitative estimate of drug-likeness (QED) is 0.812. The Kier molecular flexibility index (Phi) is 4.72. The minimum absolute atomic E-state index is 0.131. The van der Waals surface area contributed by atoms with Crippen LogP contribution in [0.3, 0.4) is 0 Å². The van der Waals surface area contributed by atoms with Crippen molar-refractivity contribution < 1.29 is 4.74 Å². The third-order valence-corrected chi connectivity index (χ3v) is 3.72. The number of nitrogens with two attached hydrogens (primary N) is 1. The van der Waals surface area contributed by atoms with Crippen LogP contribution in [0.4, 0.5) is 0 Å². The molecule has 0 spiro atoms. The van der Waals surface area contributed by atoms with Crippen molar-refractivity contribution in [3.63, 3.8) is 0 Å². The average molecular weight is 252 g/mol. The number of aromatic nitrogens is 3. The van der Waals surface area contributed by atoms with Crippen LogP contribution in [-0.4, -0.2) is 26.9 Å². The van der Waals surface area contributed by atoms with Gasteiger partial charge < -0.3 is 10.5 Å². The first-order valence-electron chi connectivity index (χ1n) is 6.97. The Labute approximate surface area is 109 Å². The number of hydrogen-bond donors (Lipinski definition) is 1. The molecule has 0 saturated heterocycles. The second kappa shape index (κ2) is 6.29. The van der Waals surface area contributed by atoms with E-state index in [2.05, 4.69) is 10.1 Å². The van der Waals surface area contributed by atoms with Crippen molar-refractivity contribution in [2.75, 3.05) is 6.61 Å². The van der Waals surface area contributed by atoms with Crippen LogP contribution in [0, 0.1) is 0 Å². The SMILES string of the molecule is CCn1ncnc1COCC1(N)CCCCCC1. The third kappa shape index (κ3) is 3.53. The van der Waals surface area contributed by atoms with Gasteiger partial charge in [0.15, 0.2) is 5.82 Å². The molecule has 2 N–H and O–H groups in total. The van der Waals surface area contributed by atoms with E-state index in [9.17, 15) is 0 Å². The number of hydrogen-bond acceptors (Lipinski definition) is 4. The van der Waals surface area contributed by atoms with Gasteiger partial charge in [0.25, 0.3) is 0 Å². The van der Waals surface area contributed by atoms with Crippen molar-refractivity contribution in [3.8, 4) is 0 Å². The molecule has 1 aromatic heterocycles. The van der Waals surface area contributed by atoms with Crippen molar-refractivity contribution in [2.45, 2.75) is 64.1 Å². The Hall–Kier alpha value is -0.940. The van der Waals surface area contributed by atoms with Gasteiger partial charge in [0.2, 0.25) is 0 Å². The molecule has 5 nitrogen and oxygen atoms in total. The maximum absolute atomic E-state index is 6.40. The van der Waals surface area contributed by atoms with Crippen molar-refractivity contribution in [2.24, 2.45) is 5.73 Å². The summed E-state index contributed by atoms with van der Waals surface area (Å²) in [6.07, 6.45) is 8.80. The summed E-state index contributed by atoms with van der Waals surface area (Å²) in [5.74, 6) is 0.884. The van der Waals surface area contributed by atoms with Gasteiger partial charge in [-0.05, 0) is 19.8 Å². The Morgan fingerprint density at radius 2 is 2.06 bits per heavy atom. The van der Waals surface area contributed by atoms with Crippen LogP contribution >= 0.6 is 0 Å². The first-order chi connectivity index (χ1) is 8.73. The Bertz CT molecular complexity index is 356. The van der Waals surface area contributed by atoms with Gasteiger partial charge in [-0.2, -0.15) is 5.10 Å². The molecule has 0 radical (unpaired) electrons. The average Bonchev–Trinajstić information content (AvgIpc) is 2.70. The van der Waals surface area contributed by atoms with E-state index in [1.54, 1.807) is 6.33 Å². The molecule has 1 saturated carbocycles. The summed E-state index contributed by atoms with van der Waals surface area (Å²) < 4.78 is 7.63. The van der Waals surface area contributed by atoms with Gasteiger partial charge in [-0.15, -0.1) is 0 Å². The highest BCUT2D eigenvalue weighted by atomic mass is 16.5. The van der Waals surface area contributed by atoms with E-state index in [-0.39, 0.29) is 5.54 Å². The van der Waals surface area contributed by atoms with Crippen molar-refractivity contribution in [3.05, 3.63) is 12.2 Å². The molecule has 1 aliphatic carbocycles. The fourth-order valence-electron chi connectivity index (χ4n) is 2.59. The Morgan fingerprint density at radius 3 is 2.72 bits per heavy atom. The minimum atomic E-state index is -0.131. The molecule has 102 valence electrons. The molecule has 5 heteroatoms. The highest BCUT2D eigenvalue weighted by Crippen LogP contribution is 2.25. The standard InChI is InChI=1S/C13H24N4O/c1-2-17-12(15-11-16-17)9-18-10-13(14)7-5-3-4-6-8-13/h11H,2-10,14H2,1H3. The first kappa shape index (κ1) is 13.5. The van der Waals surface area contributed by atoms with Gasteiger partial charge in [-0.3, -0.25) is 0 Å². The minimum Gasteiger partial charge on any atom is -0.372 e. The number of ether oxygens (including phenoxy) is 1. The van der Waals surface area contributed by atoms with E-state index < -0.39 is 0 Å². The summed E-state index contributed by atoms with van der Waals surface area (Å²) in [7, 11) is 0. The summed E-state index contributed by atoms with van der Waals surface area (Å²) in [6.45, 7) is 4.01. The summed E-state index contributed by atoms with van der Waals surface area (Å²) in [6, 6.07) is 0. The lowest BCUT2D eigenvalue weighted by molar-refractivity contribution is 0.0609. The topological polar surface area (TPSA) is 66.0 Å². The van der Waals surface area contributed by atoms with Gasteiger partial charge in [0.05, 0.1) is 6.61 Å². The van der Waals surface area contributed by atoms with Crippen LogP contribution in [0.2, 0.25) is 0 Å². The molecule has 1 heterocycles. The van der Waals surface area contributed by atoms with Crippen molar-refractivity contribution >= 4 is 0 Å². The monoisotopic (exact) mass is 252 g/mol. The highest BCUT2D eigenvalue weighted by molar-refractivity contribution is 4.87. The molecular weight excluding hydrogens is 228 g/mol. The molecule has 0 aromatic carbocycles. The lowest BCUT2D eigenvalue weighted by Crippen LogP contribution is -2.44. The van der Waals surface area contributed by atoms with Crippen LogP contribution in [0.25, 0.3) is 0 Å². The molecule has 1 fully saturated rings. The Morgan fingerprint density at radius 1 is 1.33 bits per heavy atom. The second-order valence-electron chi connectivity index (χ2n) is 5.26. The van der Waals surface area contributed by atoms with E-state index in [0.29, 0.717) is 13.2 Å². The molecule has 18 heavy (non-hydrogen) atoms. The number of nitrogens with zero attached hydrogens (tertiary/aromatic N) is 3. The van der Waals surface area contributed by atoms with Crippen LogP contribution in [0.5, 0.6) is 0 Å². The van der Waals surface area contributed by atoms with E-state index in [1.165, 1.54) is 25.7 Å². The molecule has 2 rings (SSSR count). The number of aryl methyl sites for hydroxylation is 1. The zero-order valence-electron chi connectivity index (χ0n) is 11.3. The molecular formula is C13H24N4O. The molecule has 0 bridgehead atoms. The molecule has 0 aliphatic heterocycles. The summed E-state index contributed by atoms with van der Waals surface area (Å²) >= 11 is 0. The summed E-state index contributed by atoms with van der Waals surface area (Å²) in [5, 5.41) is 4.13. The maximum Gasteiger partial charge on any atom is 0.152 e. The van der Waals surface area contributed by atoms with E-state index in [1.807, 2.05) is 11.6 Å². The number of rotatable bonds is 5. The largest absolute Gasteiger partial charge is 0.372 e. The van der Waals surface area contributed by atoms with E-state index in [4.69, 9.17) is 10.5 Å². The molecule has 0 atom stereocenters. The normalized spacial score (nSPS) is 19.7. The fraction of sp³-hybridized carbons (Fsp3) is 0.846. The second-order valence-corrected chi connectivity index (χ2v) is 5.26. The third-order valence-electron chi connectivity index (χ3n) is 3.72. The van der Waals surface area contributed by atoms with Crippen LogP contribution < -0.4 is 5.73 Å². The Balaban J connectivity index is 1.80.